The van der Waals surface area contributed by atoms with Crippen LogP contribution in [0.5, 0.6) is 17.2 Å². The Labute approximate surface area is 186 Å². The lowest BCUT2D eigenvalue weighted by Gasteiger charge is -2.40. The molecule has 0 aromatic heterocycles. The Morgan fingerprint density at radius 3 is 2.31 bits per heavy atom. The van der Waals surface area contributed by atoms with Crippen LogP contribution in [0.3, 0.4) is 0 Å². The van der Waals surface area contributed by atoms with Crippen LogP contribution in [-0.2, 0) is 17.4 Å². The van der Waals surface area contributed by atoms with E-state index in [1.807, 2.05) is 32.9 Å². The van der Waals surface area contributed by atoms with E-state index in [4.69, 9.17) is 14.2 Å². The molecular formula is C24H28F3NO4. The first-order valence-electron chi connectivity index (χ1n) is 10.3. The Hall–Kier alpha value is -2.90. The second-order valence-corrected chi connectivity index (χ2v) is 8.76. The molecule has 0 bridgehead atoms. The van der Waals surface area contributed by atoms with Gasteiger partial charge in [-0.1, -0.05) is 26.8 Å². The third-order valence-electron chi connectivity index (χ3n) is 5.47. The van der Waals surface area contributed by atoms with E-state index in [0.29, 0.717) is 24.5 Å². The van der Waals surface area contributed by atoms with Gasteiger partial charge in [0.15, 0.2) is 11.5 Å². The van der Waals surface area contributed by atoms with Crippen molar-refractivity contribution in [3.05, 3.63) is 53.1 Å². The number of nitrogens with zero attached hydrogens (tertiary/aromatic N) is 1. The Bertz CT molecular complexity index is 982. The predicted octanol–water partition coefficient (Wildman–Crippen LogP) is 5.27. The van der Waals surface area contributed by atoms with E-state index in [0.717, 1.165) is 23.3 Å². The second-order valence-electron chi connectivity index (χ2n) is 8.76. The minimum absolute atomic E-state index is 0.00557. The predicted molar refractivity (Wildman–Crippen MR) is 114 cm³/mol. The average Bonchev–Trinajstić information content (AvgIpc) is 2.74. The maximum absolute atomic E-state index is 13.2. The number of methoxy groups -OCH3 is 2. The first kappa shape index (κ1) is 23.8. The summed E-state index contributed by atoms with van der Waals surface area (Å²) >= 11 is 0. The minimum atomic E-state index is -4.46. The molecule has 0 radical (unpaired) electrons. The number of amides is 1. The summed E-state index contributed by atoms with van der Waals surface area (Å²) in [7, 11) is 3.08. The Morgan fingerprint density at radius 1 is 1.06 bits per heavy atom. The number of ether oxygens (including phenoxy) is 3. The number of rotatable bonds is 5. The van der Waals surface area contributed by atoms with Crippen molar-refractivity contribution < 1.29 is 32.2 Å². The van der Waals surface area contributed by atoms with E-state index >= 15 is 0 Å². The molecule has 2 aromatic carbocycles. The number of fused-ring (bicyclic) bond motifs is 1. The summed E-state index contributed by atoms with van der Waals surface area (Å²) in [5, 5.41) is 0. The molecular weight excluding hydrogens is 423 g/mol. The number of hydrogen-bond donors (Lipinski definition) is 0. The number of halogens is 3. The zero-order valence-electron chi connectivity index (χ0n) is 18.9. The van der Waals surface area contributed by atoms with Crippen LogP contribution >= 0.6 is 0 Å². The number of hydrogen-bond acceptors (Lipinski definition) is 4. The Morgan fingerprint density at radius 2 is 1.72 bits per heavy atom. The highest BCUT2D eigenvalue weighted by atomic mass is 19.4. The average molecular weight is 451 g/mol. The van der Waals surface area contributed by atoms with Gasteiger partial charge in [0.25, 0.3) is 0 Å². The van der Waals surface area contributed by atoms with Crippen LogP contribution in [0.1, 0.15) is 43.5 Å². The first-order chi connectivity index (χ1) is 15.0. The highest BCUT2D eigenvalue weighted by Gasteiger charge is 2.37. The normalized spacial score (nSPS) is 16.4. The van der Waals surface area contributed by atoms with Gasteiger partial charge in [0.05, 0.1) is 25.8 Å². The molecule has 174 valence electrons. The fourth-order valence-electron chi connectivity index (χ4n) is 3.82. The number of carbonyl (C=O) groups excluding carboxylic acids is 1. The van der Waals surface area contributed by atoms with Crippen LogP contribution < -0.4 is 14.2 Å². The number of benzene rings is 2. The maximum Gasteiger partial charge on any atom is 0.416 e. The molecule has 0 aliphatic carbocycles. The molecule has 1 aliphatic rings. The lowest BCUT2D eigenvalue weighted by Crippen LogP contribution is -2.47. The maximum atomic E-state index is 13.2. The summed E-state index contributed by atoms with van der Waals surface area (Å²) in [4.78, 5) is 14.9. The fourth-order valence-corrected chi connectivity index (χ4v) is 3.82. The van der Waals surface area contributed by atoms with Crippen LogP contribution in [0, 0.1) is 5.41 Å². The molecule has 0 fully saturated rings. The van der Waals surface area contributed by atoms with Crippen LogP contribution in [0.4, 0.5) is 13.2 Å². The number of carbonyl (C=O) groups is 1. The highest BCUT2D eigenvalue weighted by molar-refractivity contribution is 5.82. The molecule has 0 saturated heterocycles. The van der Waals surface area contributed by atoms with Crippen molar-refractivity contribution in [2.24, 2.45) is 5.41 Å². The van der Waals surface area contributed by atoms with Gasteiger partial charge in [-0.3, -0.25) is 4.79 Å². The lowest BCUT2D eigenvalue weighted by molar-refractivity contribution is -0.143. The summed E-state index contributed by atoms with van der Waals surface area (Å²) in [6.45, 7) is 5.99. The highest BCUT2D eigenvalue weighted by Crippen LogP contribution is 2.40. The summed E-state index contributed by atoms with van der Waals surface area (Å²) in [6.07, 6.45) is -3.84. The molecule has 2 aromatic rings. The van der Waals surface area contributed by atoms with Crippen molar-refractivity contribution in [2.45, 2.75) is 39.4 Å². The summed E-state index contributed by atoms with van der Waals surface area (Å²) in [6, 6.07) is 7.95. The topological polar surface area (TPSA) is 48.0 Å². The molecule has 1 amide bonds. The quantitative estimate of drug-likeness (QED) is 0.621. The van der Waals surface area contributed by atoms with Gasteiger partial charge in [-0.15, -0.1) is 0 Å². The Kier molecular flexibility index (Phi) is 6.62. The third kappa shape index (κ3) is 4.95. The molecule has 1 heterocycles. The van der Waals surface area contributed by atoms with E-state index in [-0.39, 0.29) is 18.3 Å². The van der Waals surface area contributed by atoms with Crippen molar-refractivity contribution in [2.75, 3.05) is 27.4 Å². The van der Waals surface area contributed by atoms with E-state index in [2.05, 4.69) is 0 Å². The van der Waals surface area contributed by atoms with Crippen molar-refractivity contribution in [3.8, 4) is 17.2 Å². The molecule has 0 unspecified atom stereocenters. The van der Waals surface area contributed by atoms with E-state index in [1.54, 1.807) is 12.0 Å². The monoisotopic (exact) mass is 451 g/mol. The molecule has 0 N–H and O–H groups in total. The van der Waals surface area contributed by atoms with Gasteiger partial charge in [0, 0.05) is 12.0 Å². The van der Waals surface area contributed by atoms with Crippen LogP contribution in [0.15, 0.2) is 36.4 Å². The fraction of sp³-hybridized carbons (Fsp3) is 0.458. The standard InChI is InChI=1S/C24H28F3NO4/c1-23(2,3)22(29)28-10-9-15-11-20(30-4)21(31-5)13-18(15)19(28)14-32-17-8-6-7-16(12-17)24(25,26)27/h6-8,11-13,19H,9-10,14H2,1-5H3/t19-/m1/s1. The van der Waals surface area contributed by atoms with Crippen molar-refractivity contribution >= 4 is 5.91 Å². The molecule has 1 atom stereocenters. The summed E-state index contributed by atoms with van der Waals surface area (Å²) in [5.41, 5.74) is 0.410. The van der Waals surface area contributed by atoms with Gasteiger partial charge in [-0.25, -0.2) is 0 Å². The van der Waals surface area contributed by atoms with Gasteiger partial charge in [-0.2, -0.15) is 13.2 Å². The minimum Gasteiger partial charge on any atom is -0.493 e. The molecule has 1 aliphatic heterocycles. The van der Waals surface area contributed by atoms with Crippen molar-refractivity contribution in [3.63, 3.8) is 0 Å². The van der Waals surface area contributed by atoms with E-state index < -0.39 is 23.2 Å². The molecule has 3 rings (SSSR count). The van der Waals surface area contributed by atoms with Gasteiger partial charge in [0.2, 0.25) is 5.91 Å². The van der Waals surface area contributed by atoms with Crippen molar-refractivity contribution in [1.29, 1.82) is 0 Å². The smallest absolute Gasteiger partial charge is 0.416 e. The van der Waals surface area contributed by atoms with Crippen molar-refractivity contribution in [1.82, 2.24) is 4.90 Å². The zero-order valence-corrected chi connectivity index (χ0v) is 18.9. The largest absolute Gasteiger partial charge is 0.493 e. The van der Waals surface area contributed by atoms with E-state index in [1.165, 1.54) is 19.2 Å². The zero-order chi connectivity index (χ0) is 23.7. The SMILES string of the molecule is COc1cc2c(cc1OC)[C@@H](COc1cccc(C(F)(F)F)c1)N(C(=O)C(C)(C)C)CC2. The second kappa shape index (κ2) is 8.92. The first-order valence-corrected chi connectivity index (χ1v) is 10.3. The third-order valence-corrected chi connectivity index (χ3v) is 5.47. The molecule has 32 heavy (non-hydrogen) atoms. The van der Waals surface area contributed by atoms with Gasteiger partial charge in [0.1, 0.15) is 12.4 Å². The molecule has 0 spiro atoms. The summed E-state index contributed by atoms with van der Waals surface area (Å²) < 4.78 is 55.9. The number of alkyl halides is 3. The van der Waals surface area contributed by atoms with Gasteiger partial charge in [-0.05, 0) is 47.9 Å². The van der Waals surface area contributed by atoms with Gasteiger partial charge >= 0.3 is 6.18 Å². The summed E-state index contributed by atoms with van der Waals surface area (Å²) in [5.74, 6) is 1.13. The molecule has 8 heteroatoms. The van der Waals surface area contributed by atoms with Gasteiger partial charge < -0.3 is 19.1 Å². The van der Waals surface area contributed by atoms with Crippen LogP contribution in [-0.4, -0.2) is 38.2 Å². The Balaban J connectivity index is 1.98. The molecule has 0 saturated carbocycles. The lowest BCUT2D eigenvalue weighted by atomic mass is 9.88. The van der Waals surface area contributed by atoms with Crippen LogP contribution in [0.2, 0.25) is 0 Å². The van der Waals surface area contributed by atoms with E-state index in [9.17, 15) is 18.0 Å². The van der Waals surface area contributed by atoms with Crippen LogP contribution in [0.25, 0.3) is 0 Å². The molecule has 5 nitrogen and oxygen atoms in total.